The standard InChI is InChI=1S/C14H17N3O4/c1-9(2)7-15-12(18)13(19)17-16-8-10-5-3-4-6-11(10)14(20)21/h3-6,8-9H,7H2,1-2H3,(H,15,18)(H,17,19)(H,20,21)/b16-8-. The summed E-state index contributed by atoms with van der Waals surface area (Å²) >= 11 is 0. The van der Waals surface area contributed by atoms with E-state index in [2.05, 4.69) is 10.4 Å². The average Bonchev–Trinajstić information content (AvgIpc) is 2.44. The maximum Gasteiger partial charge on any atom is 0.336 e. The first-order valence-electron chi connectivity index (χ1n) is 6.35. The number of hydrogen-bond acceptors (Lipinski definition) is 4. The van der Waals surface area contributed by atoms with Crippen LogP contribution in [0.1, 0.15) is 29.8 Å². The van der Waals surface area contributed by atoms with Gasteiger partial charge in [0.15, 0.2) is 0 Å². The van der Waals surface area contributed by atoms with E-state index in [-0.39, 0.29) is 11.5 Å². The van der Waals surface area contributed by atoms with Crippen molar-refractivity contribution in [2.75, 3.05) is 6.54 Å². The van der Waals surface area contributed by atoms with E-state index in [9.17, 15) is 14.4 Å². The van der Waals surface area contributed by atoms with Crippen LogP contribution >= 0.6 is 0 Å². The fraction of sp³-hybridized carbons (Fsp3) is 0.286. The van der Waals surface area contributed by atoms with Gasteiger partial charge in [-0.25, -0.2) is 10.2 Å². The van der Waals surface area contributed by atoms with E-state index < -0.39 is 17.8 Å². The molecule has 0 spiro atoms. The minimum atomic E-state index is -1.10. The number of carboxylic acid groups (broad SMARTS) is 1. The highest BCUT2D eigenvalue weighted by atomic mass is 16.4. The maximum atomic E-state index is 11.4. The molecule has 0 saturated carbocycles. The van der Waals surface area contributed by atoms with Crippen molar-refractivity contribution in [3.05, 3.63) is 35.4 Å². The van der Waals surface area contributed by atoms with Gasteiger partial charge < -0.3 is 10.4 Å². The van der Waals surface area contributed by atoms with Crippen molar-refractivity contribution < 1.29 is 19.5 Å². The minimum absolute atomic E-state index is 0.0553. The monoisotopic (exact) mass is 291 g/mol. The molecule has 0 aliphatic heterocycles. The van der Waals surface area contributed by atoms with Crippen LogP contribution < -0.4 is 10.7 Å². The van der Waals surface area contributed by atoms with Gasteiger partial charge in [0.2, 0.25) is 0 Å². The van der Waals surface area contributed by atoms with E-state index in [4.69, 9.17) is 5.11 Å². The second kappa shape index (κ2) is 7.78. The molecule has 1 aromatic carbocycles. The Morgan fingerprint density at radius 2 is 1.90 bits per heavy atom. The third-order valence-electron chi connectivity index (χ3n) is 2.44. The number of hydrazone groups is 1. The summed E-state index contributed by atoms with van der Waals surface area (Å²) in [5.41, 5.74) is 2.43. The molecule has 7 nitrogen and oxygen atoms in total. The van der Waals surface area contributed by atoms with Gasteiger partial charge in [0, 0.05) is 12.1 Å². The fourth-order valence-corrected chi connectivity index (χ4v) is 1.39. The Morgan fingerprint density at radius 1 is 1.24 bits per heavy atom. The zero-order valence-corrected chi connectivity index (χ0v) is 11.8. The normalized spacial score (nSPS) is 10.6. The van der Waals surface area contributed by atoms with E-state index in [0.717, 1.165) is 0 Å². The summed E-state index contributed by atoms with van der Waals surface area (Å²) in [7, 11) is 0. The SMILES string of the molecule is CC(C)CNC(=O)C(=O)N/N=C\c1ccccc1C(=O)O. The molecule has 112 valence electrons. The van der Waals surface area contributed by atoms with E-state index in [1.807, 2.05) is 19.3 Å². The van der Waals surface area contributed by atoms with Gasteiger partial charge in [-0.1, -0.05) is 32.0 Å². The smallest absolute Gasteiger partial charge is 0.336 e. The van der Waals surface area contributed by atoms with Crippen LogP contribution in [-0.2, 0) is 9.59 Å². The lowest BCUT2D eigenvalue weighted by Crippen LogP contribution is -2.39. The Labute approximate surface area is 122 Å². The second-order valence-electron chi connectivity index (χ2n) is 4.70. The van der Waals surface area contributed by atoms with Crippen LogP contribution in [0.25, 0.3) is 0 Å². The molecule has 0 aliphatic rings. The van der Waals surface area contributed by atoms with E-state index in [0.29, 0.717) is 12.1 Å². The maximum absolute atomic E-state index is 11.4. The van der Waals surface area contributed by atoms with Crippen LogP contribution in [-0.4, -0.2) is 35.6 Å². The molecular weight excluding hydrogens is 274 g/mol. The Bertz CT molecular complexity index is 567. The molecule has 0 aromatic heterocycles. The van der Waals surface area contributed by atoms with Crippen LogP contribution in [0.2, 0.25) is 0 Å². The highest BCUT2D eigenvalue weighted by molar-refractivity contribution is 6.35. The number of carbonyl (C=O) groups is 3. The van der Waals surface area contributed by atoms with Gasteiger partial charge in [-0.15, -0.1) is 0 Å². The van der Waals surface area contributed by atoms with Crippen LogP contribution in [0.15, 0.2) is 29.4 Å². The second-order valence-corrected chi connectivity index (χ2v) is 4.70. The Kier molecular flexibility index (Phi) is 6.06. The number of amides is 2. The fourth-order valence-electron chi connectivity index (χ4n) is 1.39. The predicted molar refractivity (Wildman–Crippen MR) is 77.0 cm³/mol. The molecule has 0 unspecified atom stereocenters. The molecule has 0 aliphatic carbocycles. The molecule has 0 atom stereocenters. The Morgan fingerprint density at radius 3 is 2.52 bits per heavy atom. The third-order valence-corrected chi connectivity index (χ3v) is 2.44. The van der Waals surface area contributed by atoms with Crippen molar-refractivity contribution in [1.82, 2.24) is 10.7 Å². The van der Waals surface area contributed by atoms with Crippen LogP contribution in [0.3, 0.4) is 0 Å². The molecule has 2 amide bonds. The zero-order chi connectivity index (χ0) is 15.8. The number of carboxylic acids is 1. The van der Waals surface area contributed by atoms with E-state index in [1.54, 1.807) is 12.1 Å². The summed E-state index contributed by atoms with van der Waals surface area (Å²) in [6.07, 6.45) is 1.18. The van der Waals surface area contributed by atoms with Gasteiger partial charge in [0.05, 0.1) is 11.8 Å². The van der Waals surface area contributed by atoms with Gasteiger partial charge >= 0.3 is 17.8 Å². The van der Waals surface area contributed by atoms with E-state index in [1.165, 1.54) is 18.3 Å². The van der Waals surface area contributed by atoms with E-state index >= 15 is 0 Å². The van der Waals surface area contributed by atoms with Crippen LogP contribution in [0.4, 0.5) is 0 Å². The summed E-state index contributed by atoms with van der Waals surface area (Å²) < 4.78 is 0. The molecule has 0 heterocycles. The van der Waals surface area contributed by atoms with Gasteiger partial charge in [-0.2, -0.15) is 5.10 Å². The van der Waals surface area contributed by atoms with Crippen molar-refractivity contribution in [3.8, 4) is 0 Å². The van der Waals surface area contributed by atoms with Crippen LogP contribution in [0.5, 0.6) is 0 Å². The topological polar surface area (TPSA) is 108 Å². The Hall–Kier alpha value is -2.70. The summed E-state index contributed by atoms with van der Waals surface area (Å²) in [6.45, 7) is 4.19. The van der Waals surface area contributed by atoms with Crippen molar-refractivity contribution in [1.29, 1.82) is 0 Å². The first-order valence-corrected chi connectivity index (χ1v) is 6.35. The summed E-state index contributed by atoms with van der Waals surface area (Å²) in [6, 6.07) is 6.18. The average molecular weight is 291 g/mol. The lowest BCUT2D eigenvalue weighted by Gasteiger charge is -2.05. The number of aromatic carboxylic acids is 1. The molecule has 0 fully saturated rings. The molecule has 0 radical (unpaired) electrons. The predicted octanol–water partition coefficient (Wildman–Crippen LogP) is 0.607. The molecule has 7 heteroatoms. The highest BCUT2D eigenvalue weighted by Crippen LogP contribution is 2.05. The number of nitrogens with one attached hydrogen (secondary N) is 2. The van der Waals surface area contributed by atoms with Gasteiger partial charge in [0.1, 0.15) is 0 Å². The number of benzene rings is 1. The van der Waals surface area contributed by atoms with Crippen molar-refractivity contribution in [3.63, 3.8) is 0 Å². The quantitative estimate of drug-likeness (QED) is 0.419. The molecular formula is C14H17N3O4. The number of carbonyl (C=O) groups excluding carboxylic acids is 2. The molecule has 0 bridgehead atoms. The van der Waals surface area contributed by atoms with Gasteiger partial charge in [-0.05, 0) is 12.0 Å². The molecule has 3 N–H and O–H groups in total. The largest absolute Gasteiger partial charge is 0.478 e. The lowest BCUT2D eigenvalue weighted by atomic mass is 10.1. The Balaban J connectivity index is 2.61. The van der Waals surface area contributed by atoms with Crippen LogP contribution in [0, 0.1) is 5.92 Å². The lowest BCUT2D eigenvalue weighted by molar-refractivity contribution is -0.139. The summed E-state index contributed by atoms with van der Waals surface area (Å²) in [5.74, 6) is -2.56. The van der Waals surface area contributed by atoms with Crippen molar-refractivity contribution in [2.45, 2.75) is 13.8 Å². The first-order chi connectivity index (χ1) is 9.91. The molecule has 21 heavy (non-hydrogen) atoms. The van der Waals surface area contributed by atoms with Crippen molar-refractivity contribution in [2.24, 2.45) is 11.0 Å². The van der Waals surface area contributed by atoms with Crippen molar-refractivity contribution >= 4 is 24.0 Å². The number of nitrogens with zero attached hydrogens (tertiary/aromatic N) is 1. The third kappa shape index (κ3) is 5.43. The first kappa shape index (κ1) is 16.4. The molecule has 1 aromatic rings. The summed E-state index contributed by atoms with van der Waals surface area (Å²) in [4.78, 5) is 33.7. The number of hydrogen-bond donors (Lipinski definition) is 3. The van der Waals surface area contributed by atoms with Gasteiger partial charge in [-0.3, -0.25) is 9.59 Å². The highest BCUT2D eigenvalue weighted by Gasteiger charge is 2.12. The number of rotatable bonds is 5. The zero-order valence-electron chi connectivity index (χ0n) is 11.8. The summed E-state index contributed by atoms with van der Waals surface area (Å²) in [5, 5.41) is 15.0. The van der Waals surface area contributed by atoms with Gasteiger partial charge in [0.25, 0.3) is 0 Å². The molecule has 0 saturated heterocycles. The molecule has 1 rings (SSSR count). The minimum Gasteiger partial charge on any atom is -0.478 e.